The van der Waals surface area contributed by atoms with Gasteiger partial charge in [-0.2, -0.15) is 0 Å². The fourth-order valence-electron chi connectivity index (χ4n) is 0.562. The molecule has 0 spiro atoms. The summed E-state index contributed by atoms with van der Waals surface area (Å²) in [6.07, 6.45) is 0. The van der Waals surface area contributed by atoms with Crippen molar-refractivity contribution in [3.63, 3.8) is 0 Å². The second kappa shape index (κ2) is 3.15. The Hall–Kier alpha value is -1.02. The van der Waals surface area contributed by atoms with E-state index in [4.69, 9.17) is 0 Å². The molecule has 0 atom stereocenters. The van der Waals surface area contributed by atoms with Gasteiger partial charge in [0.25, 0.3) is 0 Å². The van der Waals surface area contributed by atoms with E-state index in [0.29, 0.717) is 0 Å². The Labute approximate surface area is 78.2 Å². The first kappa shape index (κ1) is 9.07. The van der Waals surface area contributed by atoms with Gasteiger partial charge in [0.05, 0.1) is 9.85 Å². The average molecular weight is 253 g/mol. The summed E-state index contributed by atoms with van der Waals surface area (Å²) in [5.74, 6) is 0. The zero-order valence-corrected chi connectivity index (χ0v) is 7.79. The lowest BCUT2D eigenvalue weighted by atomic mass is 10.5. The summed E-state index contributed by atoms with van der Waals surface area (Å²) in [6.45, 7) is 0. The Bertz CT molecular complexity index is 349. The lowest BCUT2D eigenvalue weighted by molar-refractivity contribution is -0.390. The summed E-state index contributed by atoms with van der Waals surface area (Å²) < 4.78 is 0.166. The van der Waals surface area contributed by atoms with E-state index < -0.39 is 9.85 Å². The molecule has 1 aromatic rings. The van der Waals surface area contributed by atoms with Gasteiger partial charge in [-0.15, -0.1) is 0 Å². The number of halogens is 1. The molecule has 0 radical (unpaired) electrons. The van der Waals surface area contributed by atoms with Crippen molar-refractivity contribution in [2.24, 2.45) is 0 Å². The topological polar surface area (TPSA) is 86.3 Å². The van der Waals surface area contributed by atoms with Crippen LogP contribution >= 0.6 is 27.3 Å². The van der Waals surface area contributed by atoms with E-state index in [9.17, 15) is 20.2 Å². The van der Waals surface area contributed by atoms with Gasteiger partial charge in [0.1, 0.15) is 6.07 Å². The molecule has 0 unspecified atom stereocenters. The molecule has 0 saturated heterocycles. The Morgan fingerprint density at radius 3 is 2.17 bits per heavy atom. The third-order valence-electron chi connectivity index (χ3n) is 1.03. The summed E-state index contributed by atoms with van der Waals surface area (Å²) in [5.41, 5.74) is -0.272. The zero-order chi connectivity index (χ0) is 9.30. The quantitative estimate of drug-likeness (QED) is 0.597. The fourth-order valence-corrected chi connectivity index (χ4v) is 1.99. The van der Waals surface area contributed by atoms with Crippen LogP contribution < -0.4 is 0 Å². The number of thiophene rings is 1. The van der Waals surface area contributed by atoms with Crippen LogP contribution in [0.15, 0.2) is 9.85 Å². The van der Waals surface area contributed by atoms with E-state index in [-0.39, 0.29) is 14.5 Å². The van der Waals surface area contributed by atoms with Gasteiger partial charge in [0, 0.05) is 0 Å². The highest BCUT2D eigenvalue weighted by Gasteiger charge is 2.22. The highest BCUT2D eigenvalue weighted by atomic mass is 79.9. The molecule has 12 heavy (non-hydrogen) atoms. The van der Waals surface area contributed by atoms with Crippen molar-refractivity contribution < 1.29 is 9.85 Å². The van der Waals surface area contributed by atoms with Crippen LogP contribution in [0.1, 0.15) is 0 Å². The van der Waals surface area contributed by atoms with E-state index in [2.05, 4.69) is 15.9 Å². The van der Waals surface area contributed by atoms with Crippen LogP contribution in [0.25, 0.3) is 0 Å². The molecule has 0 aliphatic carbocycles. The van der Waals surface area contributed by atoms with Gasteiger partial charge in [-0.25, -0.2) is 0 Å². The molecule has 0 fully saturated rings. The Kier molecular flexibility index (Phi) is 2.38. The van der Waals surface area contributed by atoms with E-state index >= 15 is 0 Å². The van der Waals surface area contributed by atoms with Gasteiger partial charge in [-0.05, 0) is 27.3 Å². The first-order valence-corrected chi connectivity index (χ1v) is 4.21. The molecule has 0 saturated carbocycles. The van der Waals surface area contributed by atoms with Crippen LogP contribution in [0.4, 0.5) is 10.7 Å². The number of nitro groups is 2. The van der Waals surface area contributed by atoms with Gasteiger partial charge in [0.2, 0.25) is 0 Å². The van der Waals surface area contributed by atoms with E-state index in [1.807, 2.05) is 0 Å². The highest BCUT2D eigenvalue weighted by Crippen LogP contribution is 2.38. The molecule has 1 heterocycles. The summed E-state index contributed by atoms with van der Waals surface area (Å²) in [7, 11) is 0. The van der Waals surface area contributed by atoms with Crippen molar-refractivity contribution in [3.8, 4) is 0 Å². The molecule has 64 valence electrons. The van der Waals surface area contributed by atoms with Crippen molar-refractivity contribution in [1.29, 1.82) is 0 Å². The van der Waals surface area contributed by atoms with Crippen LogP contribution in [0.5, 0.6) is 0 Å². The summed E-state index contributed by atoms with van der Waals surface area (Å²) in [5, 5.41) is 20.1. The molecule has 1 rings (SSSR count). The molecule has 0 N–H and O–H groups in total. The normalized spacial score (nSPS) is 9.75. The summed E-state index contributed by atoms with van der Waals surface area (Å²) >= 11 is 3.59. The lowest BCUT2D eigenvalue weighted by Crippen LogP contribution is -1.85. The Morgan fingerprint density at radius 1 is 1.33 bits per heavy atom. The second-order valence-corrected chi connectivity index (χ2v) is 4.11. The predicted octanol–water partition coefficient (Wildman–Crippen LogP) is 2.33. The monoisotopic (exact) mass is 252 g/mol. The molecule has 0 bridgehead atoms. The van der Waals surface area contributed by atoms with Crippen molar-refractivity contribution in [1.82, 2.24) is 0 Å². The molecule has 1 aromatic heterocycles. The van der Waals surface area contributed by atoms with Crippen LogP contribution in [0, 0.1) is 20.2 Å². The molecular formula is C4HBrN2O4S. The van der Waals surface area contributed by atoms with Gasteiger partial charge in [0.15, 0.2) is 3.79 Å². The Balaban J connectivity index is 3.17. The average Bonchev–Trinajstić information content (AvgIpc) is 2.30. The van der Waals surface area contributed by atoms with E-state index in [1.54, 1.807) is 0 Å². The third-order valence-corrected chi connectivity index (χ3v) is 2.79. The van der Waals surface area contributed by atoms with Crippen molar-refractivity contribution in [2.45, 2.75) is 0 Å². The van der Waals surface area contributed by atoms with Crippen LogP contribution in [0.3, 0.4) is 0 Å². The largest absolute Gasteiger partial charge is 0.332 e. The van der Waals surface area contributed by atoms with Crippen LogP contribution in [-0.4, -0.2) is 9.85 Å². The van der Waals surface area contributed by atoms with Crippen molar-refractivity contribution in [2.75, 3.05) is 0 Å². The van der Waals surface area contributed by atoms with Gasteiger partial charge >= 0.3 is 10.7 Å². The second-order valence-electron chi connectivity index (χ2n) is 1.76. The van der Waals surface area contributed by atoms with Crippen LogP contribution in [0.2, 0.25) is 0 Å². The zero-order valence-electron chi connectivity index (χ0n) is 5.39. The maximum Gasteiger partial charge on any atom is 0.332 e. The summed E-state index contributed by atoms with van der Waals surface area (Å²) in [6, 6.07) is 0.925. The molecule has 8 heteroatoms. The minimum Gasteiger partial charge on any atom is -0.258 e. The highest BCUT2D eigenvalue weighted by molar-refractivity contribution is 9.11. The molecular weight excluding hydrogens is 252 g/mol. The first-order valence-electron chi connectivity index (χ1n) is 2.60. The Morgan fingerprint density at radius 2 is 1.92 bits per heavy atom. The third kappa shape index (κ3) is 1.59. The maximum atomic E-state index is 10.2. The smallest absolute Gasteiger partial charge is 0.258 e. The van der Waals surface area contributed by atoms with E-state index in [0.717, 1.165) is 17.4 Å². The lowest BCUT2D eigenvalue weighted by Gasteiger charge is -1.81. The van der Waals surface area contributed by atoms with Gasteiger partial charge < -0.3 is 0 Å². The van der Waals surface area contributed by atoms with Crippen molar-refractivity contribution >= 4 is 38.0 Å². The standard InChI is InChI=1S/C4HBrN2O4S/c5-4-2(6(8)9)1-3(12-4)7(10)11/h1H. The number of hydrogen-bond donors (Lipinski definition) is 0. The minimum atomic E-state index is -0.673. The van der Waals surface area contributed by atoms with Gasteiger partial charge in [-0.3, -0.25) is 20.2 Å². The minimum absolute atomic E-state index is 0.166. The van der Waals surface area contributed by atoms with Gasteiger partial charge in [-0.1, -0.05) is 0 Å². The SMILES string of the molecule is O=[N+]([O-])c1cc([N+](=O)[O-])c(Br)s1. The number of rotatable bonds is 2. The fraction of sp³-hybridized carbons (Fsp3) is 0. The molecule has 6 nitrogen and oxygen atoms in total. The van der Waals surface area contributed by atoms with Crippen molar-refractivity contribution in [3.05, 3.63) is 30.1 Å². The number of nitrogens with zero attached hydrogens (tertiary/aromatic N) is 2. The summed E-state index contributed by atoms with van der Waals surface area (Å²) in [4.78, 5) is 19.0. The predicted molar refractivity (Wildman–Crippen MR) is 45.3 cm³/mol. The number of hydrogen-bond acceptors (Lipinski definition) is 5. The maximum absolute atomic E-state index is 10.2. The molecule has 0 amide bonds. The first-order chi connectivity index (χ1) is 5.52. The molecule has 0 aliphatic rings. The molecule has 0 aliphatic heterocycles. The van der Waals surface area contributed by atoms with Crippen LogP contribution in [-0.2, 0) is 0 Å². The van der Waals surface area contributed by atoms with E-state index in [1.165, 1.54) is 0 Å². The molecule has 0 aromatic carbocycles.